The molecule has 0 saturated heterocycles. The van der Waals surface area contributed by atoms with Crippen LogP contribution in [-0.4, -0.2) is 17.0 Å². The van der Waals surface area contributed by atoms with Crippen LogP contribution in [0.4, 0.5) is 8.78 Å². The van der Waals surface area contributed by atoms with Gasteiger partial charge in [-0.15, -0.1) is 0 Å². The molecule has 1 rings (SSSR count). The first-order valence-electron chi connectivity index (χ1n) is 4.38. The number of alkyl halides is 2. The van der Waals surface area contributed by atoms with Crippen LogP contribution in [0.3, 0.4) is 0 Å². The van der Waals surface area contributed by atoms with Crippen molar-refractivity contribution < 1.29 is 18.7 Å². The molecule has 0 radical (unpaired) electrons. The fraction of sp³-hybridized carbons (Fsp3) is 0.300. The average molecular weight is 269 g/mol. The van der Waals surface area contributed by atoms with E-state index in [-0.39, 0.29) is 11.4 Å². The largest absolute Gasteiger partial charge is 0.477 e. The maximum absolute atomic E-state index is 12.8. The highest BCUT2D eigenvalue weighted by atomic mass is 35.5. The van der Waals surface area contributed by atoms with Crippen molar-refractivity contribution in [2.45, 2.75) is 18.8 Å². The van der Waals surface area contributed by atoms with E-state index in [0.29, 0.717) is 10.6 Å². The van der Waals surface area contributed by atoms with E-state index >= 15 is 0 Å². The van der Waals surface area contributed by atoms with Gasteiger partial charge >= 0.3 is 11.9 Å². The van der Waals surface area contributed by atoms with Gasteiger partial charge in [0.25, 0.3) is 0 Å². The molecule has 16 heavy (non-hydrogen) atoms. The van der Waals surface area contributed by atoms with Gasteiger partial charge in [-0.3, -0.25) is 0 Å². The maximum atomic E-state index is 12.8. The summed E-state index contributed by atoms with van der Waals surface area (Å²) in [4.78, 5) is 10.2. The van der Waals surface area contributed by atoms with E-state index in [9.17, 15) is 13.6 Å². The molecular formula is C10H8Cl2F2O2. The molecule has 0 fully saturated rings. The molecule has 1 aromatic rings. The standard InChI is InChI=1S/C10H8Cl2F2O2/c11-7-2-1-6(8(12)5-7)3-4-10(13,14)9(15)16/h1-2,5H,3-4H2,(H,15,16). The zero-order valence-corrected chi connectivity index (χ0v) is 9.53. The Bertz CT molecular complexity index is 408. The SMILES string of the molecule is O=C(O)C(F)(F)CCc1ccc(Cl)cc1Cl. The van der Waals surface area contributed by atoms with Crippen molar-refractivity contribution in [1.82, 2.24) is 0 Å². The molecule has 0 amide bonds. The summed E-state index contributed by atoms with van der Waals surface area (Å²) in [6.45, 7) is 0. The van der Waals surface area contributed by atoms with E-state index in [4.69, 9.17) is 28.3 Å². The highest BCUT2D eigenvalue weighted by molar-refractivity contribution is 6.35. The summed E-state index contributed by atoms with van der Waals surface area (Å²) in [7, 11) is 0. The second kappa shape index (κ2) is 4.97. The van der Waals surface area contributed by atoms with Gasteiger partial charge in [0.1, 0.15) is 0 Å². The molecule has 0 bridgehead atoms. The summed E-state index contributed by atoms with van der Waals surface area (Å²) in [6.07, 6.45) is -0.904. The lowest BCUT2D eigenvalue weighted by Gasteiger charge is -2.11. The minimum Gasteiger partial charge on any atom is -0.477 e. The van der Waals surface area contributed by atoms with E-state index in [1.807, 2.05) is 0 Å². The van der Waals surface area contributed by atoms with Gasteiger partial charge in [0, 0.05) is 16.5 Å². The van der Waals surface area contributed by atoms with Crippen LogP contribution < -0.4 is 0 Å². The monoisotopic (exact) mass is 268 g/mol. The Labute approximate surface area is 101 Å². The van der Waals surface area contributed by atoms with Crippen LogP contribution in [0.25, 0.3) is 0 Å². The van der Waals surface area contributed by atoms with Crippen LogP contribution in [0.2, 0.25) is 10.0 Å². The molecule has 88 valence electrons. The normalized spacial score (nSPS) is 11.5. The average Bonchev–Trinajstić information content (AvgIpc) is 2.16. The fourth-order valence-corrected chi connectivity index (χ4v) is 1.63. The van der Waals surface area contributed by atoms with E-state index in [1.54, 1.807) is 0 Å². The van der Waals surface area contributed by atoms with Gasteiger partial charge in [0.2, 0.25) is 0 Å². The van der Waals surface area contributed by atoms with Crippen LogP contribution >= 0.6 is 23.2 Å². The van der Waals surface area contributed by atoms with Gasteiger partial charge in [-0.05, 0) is 24.1 Å². The molecule has 6 heteroatoms. The van der Waals surface area contributed by atoms with Crippen molar-refractivity contribution in [3.63, 3.8) is 0 Å². The zero-order chi connectivity index (χ0) is 12.3. The number of carboxylic acids is 1. The lowest BCUT2D eigenvalue weighted by Crippen LogP contribution is -2.28. The van der Waals surface area contributed by atoms with Gasteiger partial charge < -0.3 is 5.11 Å². The van der Waals surface area contributed by atoms with Crippen LogP contribution in [-0.2, 0) is 11.2 Å². The first kappa shape index (κ1) is 13.2. The molecule has 0 unspecified atom stereocenters. The second-order valence-electron chi connectivity index (χ2n) is 3.25. The number of benzene rings is 1. The molecule has 0 aromatic heterocycles. The number of hydrogen-bond donors (Lipinski definition) is 1. The third-order valence-corrected chi connectivity index (χ3v) is 2.62. The van der Waals surface area contributed by atoms with E-state index in [0.717, 1.165) is 0 Å². The van der Waals surface area contributed by atoms with Crippen molar-refractivity contribution >= 4 is 29.2 Å². The van der Waals surface area contributed by atoms with Gasteiger partial charge in [-0.25, -0.2) is 4.79 Å². The van der Waals surface area contributed by atoms with Crippen LogP contribution in [0, 0.1) is 0 Å². The van der Waals surface area contributed by atoms with Crippen LogP contribution in [0.15, 0.2) is 18.2 Å². The predicted molar refractivity (Wildman–Crippen MR) is 57.4 cm³/mol. The number of halogens is 4. The molecule has 0 aliphatic heterocycles. The number of carbonyl (C=O) groups is 1. The number of carboxylic acid groups (broad SMARTS) is 1. The molecule has 2 nitrogen and oxygen atoms in total. The topological polar surface area (TPSA) is 37.3 Å². The number of aliphatic carboxylic acids is 1. The van der Waals surface area contributed by atoms with E-state index in [1.165, 1.54) is 18.2 Å². The molecule has 1 aromatic carbocycles. The lowest BCUT2D eigenvalue weighted by atomic mass is 10.1. The third-order valence-electron chi connectivity index (χ3n) is 2.04. The first-order chi connectivity index (χ1) is 7.33. The summed E-state index contributed by atoms with van der Waals surface area (Å²) in [5, 5.41) is 8.89. The quantitative estimate of drug-likeness (QED) is 0.905. The lowest BCUT2D eigenvalue weighted by molar-refractivity contribution is -0.165. The van der Waals surface area contributed by atoms with Gasteiger partial charge in [-0.1, -0.05) is 29.3 Å². The molecular weight excluding hydrogens is 261 g/mol. The summed E-state index contributed by atoms with van der Waals surface area (Å²) < 4.78 is 25.5. The zero-order valence-electron chi connectivity index (χ0n) is 8.01. The van der Waals surface area contributed by atoms with Gasteiger partial charge in [0.05, 0.1) is 0 Å². The predicted octanol–water partition coefficient (Wildman–Crippen LogP) is 3.65. The summed E-state index contributed by atoms with van der Waals surface area (Å²) in [6, 6.07) is 4.45. The van der Waals surface area contributed by atoms with Crippen molar-refractivity contribution in [3.05, 3.63) is 33.8 Å². The molecule has 0 spiro atoms. The minimum absolute atomic E-state index is 0.116. The van der Waals surface area contributed by atoms with Gasteiger partial charge in [-0.2, -0.15) is 8.78 Å². The maximum Gasteiger partial charge on any atom is 0.374 e. The number of aryl methyl sites for hydroxylation is 1. The van der Waals surface area contributed by atoms with Crippen molar-refractivity contribution in [3.8, 4) is 0 Å². The molecule has 0 heterocycles. The molecule has 0 aliphatic carbocycles. The molecule has 0 saturated carbocycles. The highest BCUT2D eigenvalue weighted by Crippen LogP contribution is 2.26. The van der Waals surface area contributed by atoms with Crippen molar-refractivity contribution in [2.75, 3.05) is 0 Å². The Balaban J connectivity index is 2.72. The number of rotatable bonds is 4. The third kappa shape index (κ3) is 3.32. The van der Waals surface area contributed by atoms with Crippen molar-refractivity contribution in [2.24, 2.45) is 0 Å². The fourth-order valence-electron chi connectivity index (χ4n) is 1.12. The molecule has 0 aliphatic rings. The Morgan fingerprint density at radius 3 is 2.50 bits per heavy atom. The summed E-state index contributed by atoms with van der Waals surface area (Å²) >= 11 is 11.4. The minimum atomic E-state index is -3.73. The van der Waals surface area contributed by atoms with Crippen molar-refractivity contribution in [1.29, 1.82) is 0 Å². The molecule has 0 atom stereocenters. The molecule has 1 N–H and O–H groups in total. The van der Waals surface area contributed by atoms with E-state index in [2.05, 4.69) is 0 Å². The summed E-state index contributed by atoms with van der Waals surface area (Å²) in [5.74, 6) is -5.86. The van der Waals surface area contributed by atoms with Crippen LogP contribution in [0.5, 0.6) is 0 Å². The Morgan fingerprint density at radius 2 is 2.00 bits per heavy atom. The van der Waals surface area contributed by atoms with Crippen LogP contribution in [0.1, 0.15) is 12.0 Å². The Morgan fingerprint density at radius 1 is 1.38 bits per heavy atom. The smallest absolute Gasteiger partial charge is 0.374 e. The second-order valence-corrected chi connectivity index (χ2v) is 4.09. The van der Waals surface area contributed by atoms with Gasteiger partial charge in [0.15, 0.2) is 0 Å². The first-order valence-corrected chi connectivity index (χ1v) is 5.13. The highest BCUT2D eigenvalue weighted by Gasteiger charge is 2.38. The Kier molecular flexibility index (Phi) is 4.10. The Hall–Kier alpha value is -0.870. The number of hydrogen-bond acceptors (Lipinski definition) is 1. The van der Waals surface area contributed by atoms with E-state index < -0.39 is 18.3 Å². The summed E-state index contributed by atoms with van der Waals surface area (Å²) in [5.41, 5.74) is 0.451.